The molecule has 0 bridgehead atoms. The molecule has 4 rings (SSSR count). The standard InChI is InChI=1S/C23H24N2O/c1-18-9-11-20(12-10-18)23(26)25(21-13-14-21)17-22-8-5-15-24(22)16-19-6-3-2-4-7-19/h2-12,15,21H,13-14,16-17H2,1H3. The summed E-state index contributed by atoms with van der Waals surface area (Å²) in [6, 6.07) is 22.9. The average molecular weight is 344 g/mol. The minimum atomic E-state index is 0.139. The summed E-state index contributed by atoms with van der Waals surface area (Å²) < 4.78 is 2.24. The van der Waals surface area contributed by atoms with Gasteiger partial charge in [-0.3, -0.25) is 4.79 Å². The number of carbonyl (C=O) groups is 1. The van der Waals surface area contributed by atoms with E-state index in [0.717, 1.165) is 24.9 Å². The van der Waals surface area contributed by atoms with Crippen molar-refractivity contribution in [1.29, 1.82) is 0 Å². The predicted molar refractivity (Wildman–Crippen MR) is 104 cm³/mol. The SMILES string of the molecule is Cc1ccc(C(=O)N(Cc2cccn2Cc2ccccc2)C2CC2)cc1. The summed E-state index contributed by atoms with van der Waals surface area (Å²) in [7, 11) is 0. The lowest BCUT2D eigenvalue weighted by molar-refractivity contribution is 0.0726. The minimum Gasteiger partial charge on any atom is -0.345 e. The van der Waals surface area contributed by atoms with Gasteiger partial charge in [-0.25, -0.2) is 0 Å². The molecule has 3 aromatic rings. The lowest BCUT2D eigenvalue weighted by atomic mass is 10.1. The Bertz CT molecular complexity index is 876. The molecule has 3 nitrogen and oxygen atoms in total. The molecule has 1 fully saturated rings. The van der Waals surface area contributed by atoms with Crippen LogP contribution in [0.25, 0.3) is 0 Å². The first-order chi connectivity index (χ1) is 12.7. The van der Waals surface area contributed by atoms with Gasteiger partial charge in [0.2, 0.25) is 0 Å². The van der Waals surface area contributed by atoms with Crippen molar-refractivity contribution in [3.8, 4) is 0 Å². The molecule has 3 heteroatoms. The molecule has 1 amide bonds. The molecule has 0 spiro atoms. The van der Waals surface area contributed by atoms with E-state index in [-0.39, 0.29) is 5.91 Å². The first-order valence-electron chi connectivity index (χ1n) is 9.26. The lowest BCUT2D eigenvalue weighted by Crippen LogP contribution is -2.33. The number of rotatable bonds is 6. The third-order valence-corrected chi connectivity index (χ3v) is 5.00. The second-order valence-electron chi connectivity index (χ2n) is 7.14. The van der Waals surface area contributed by atoms with Gasteiger partial charge in [0.05, 0.1) is 6.54 Å². The average Bonchev–Trinajstić information content (AvgIpc) is 3.42. The van der Waals surface area contributed by atoms with Crippen LogP contribution in [0.15, 0.2) is 72.9 Å². The van der Waals surface area contributed by atoms with E-state index in [4.69, 9.17) is 0 Å². The third-order valence-electron chi connectivity index (χ3n) is 5.00. The molecule has 0 saturated heterocycles. The van der Waals surface area contributed by atoms with E-state index in [0.29, 0.717) is 12.6 Å². The summed E-state index contributed by atoms with van der Waals surface area (Å²) in [5.41, 5.74) is 4.41. The fraction of sp³-hybridized carbons (Fsp3) is 0.261. The Morgan fingerprint density at radius 2 is 1.73 bits per heavy atom. The van der Waals surface area contributed by atoms with Crippen LogP contribution in [0, 0.1) is 6.92 Å². The number of nitrogens with zero attached hydrogens (tertiary/aromatic N) is 2. The maximum atomic E-state index is 13.1. The number of aromatic nitrogens is 1. The van der Waals surface area contributed by atoms with Crippen molar-refractivity contribution in [2.75, 3.05) is 0 Å². The van der Waals surface area contributed by atoms with E-state index < -0.39 is 0 Å². The first kappa shape index (κ1) is 16.6. The second-order valence-corrected chi connectivity index (χ2v) is 7.14. The van der Waals surface area contributed by atoms with Crippen molar-refractivity contribution in [2.45, 2.75) is 38.9 Å². The van der Waals surface area contributed by atoms with E-state index in [1.54, 1.807) is 0 Å². The third kappa shape index (κ3) is 3.72. The largest absolute Gasteiger partial charge is 0.345 e. The zero-order valence-corrected chi connectivity index (χ0v) is 15.1. The zero-order chi connectivity index (χ0) is 17.9. The van der Waals surface area contributed by atoms with E-state index >= 15 is 0 Å². The van der Waals surface area contributed by atoms with Crippen LogP contribution in [-0.4, -0.2) is 21.4 Å². The Morgan fingerprint density at radius 3 is 2.42 bits per heavy atom. The summed E-state index contributed by atoms with van der Waals surface area (Å²) >= 11 is 0. The summed E-state index contributed by atoms with van der Waals surface area (Å²) in [5.74, 6) is 0.139. The molecule has 2 aromatic carbocycles. The zero-order valence-electron chi connectivity index (χ0n) is 15.1. The van der Waals surface area contributed by atoms with Crippen molar-refractivity contribution < 1.29 is 4.79 Å². The number of benzene rings is 2. The predicted octanol–water partition coefficient (Wildman–Crippen LogP) is 4.65. The molecular formula is C23H24N2O. The van der Waals surface area contributed by atoms with Crippen LogP contribution in [0.3, 0.4) is 0 Å². The van der Waals surface area contributed by atoms with Crippen LogP contribution >= 0.6 is 0 Å². The lowest BCUT2D eigenvalue weighted by Gasteiger charge is -2.23. The molecular weight excluding hydrogens is 320 g/mol. The van der Waals surface area contributed by atoms with Gasteiger partial charge in [-0.2, -0.15) is 0 Å². The maximum Gasteiger partial charge on any atom is 0.254 e. The van der Waals surface area contributed by atoms with E-state index in [1.807, 2.05) is 42.2 Å². The molecule has 1 aliphatic carbocycles. The summed E-state index contributed by atoms with van der Waals surface area (Å²) in [6.07, 6.45) is 4.32. The van der Waals surface area contributed by atoms with Gasteiger partial charge in [0.15, 0.2) is 0 Å². The molecule has 1 aliphatic rings. The molecule has 1 heterocycles. The quantitative estimate of drug-likeness (QED) is 0.639. The van der Waals surface area contributed by atoms with Crippen LogP contribution in [-0.2, 0) is 13.1 Å². The van der Waals surface area contributed by atoms with Gasteiger partial charge in [-0.15, -0.1) is 0 Å². The normalized spacial score (nSPS) is 13.6. The van der Waals surface area contributed by atoms with Gasteiger partial charge in [0.25, 0.3) is 5.91 Å². The Morgan fingerprint density at radius 1 is 1.00 bits per heavy atom. The van der Waals surface area contributed by atoms with Gasteiger partial charge < -0.3 is 9.47 Å². The highest BCUT2D eigenvalue weighted by Gasteiger charge is 2.33. The van der Waals surface area contributed by atoms with E-state index in [1.165, 1.54) is 16.8 Å². The van der Waals surface area contributed by atoms with Crippen molar-refractivity contribution >= 4 is 5.91 Å². The Kier molecular flexibility index (Phi) is 4.61. The minimum absolute atomic E-state index is 0.139. The highest BCUT2D eigenvalue weighted by Crippen LogP contribution is 2.30. The molecule has 0 atom stereocenters. The fourth-order valence-electron chi connectivity index (χ4n) is 3.32. The molecule has 0 radical (unpaired) electrons. The fourth-order valence-corrected chi connectivity index (χ4v) is 3.32. The Hall–Kier alpha value is -2.81. The van der Waals surface area contributed by atoms with Gasteiger partial charge in [0, 0.05) is 30.0 Å². The number of hydrogen-bond acceptors (Lipinski definition) is 1. The highest BCUT2D eigenvalue weighted by atomic mass is 16.2. The van der Waals surface area contributed by atoms with Gasteiger partial charge in [0.1, 0.15) is 0 Å². The molecule has 1 aromatic heterocycles. The van der Waals surface area contributed by atoms with Crippen molar-refractivity contribution in [3.05, 3.63) is 95.3 Å². The van der Waals surface area contributed by atoms with Gasteiger partial charge >= 0.3 is 0 Å². The molecule has 0 N–H and O–H groups in total. The smallest absolute Gasteiger partial charge is 0.254 e. The van der Waals surface area contributed by atoms with Crippen molar-refractivity contribution in [3.63, 3.8) is 0 Å². The number of amides is 1. The maximum absolute atomic E-state index is 13.1. The van der Waals surface area contributed by atoms with Crippen LogP contribution in [0.1, 0.15) is 40.0 Å². The first-order valence-corrected chi connectivity index (χ1v) is 9.26. The number of hydrogen-bond donors (Lipinski definition) is 0. The number of carbonyl (C=O) groups excluding carboxylic acids is 1. The molecule has 132 valence electrons. The van der Waals surface area contributed by atoms with Crippen LogP contribution in [0.5, 0.6) is 0 Å². The van der Waals surface area contributed by atoms with Gasteiger partial charge in [-0.05, 0) is 49.6 Å². The van der Waals surface area contributed by atoms with Crippen molar-refractivity contribution in [1.82, 2.24) is 9.47 Å². The van der Waals surface area contributed by atoms with Gasteiger partial charge in [-0.1, -0.05) is 48.0 Å². The highest BCUT2D eigenvalue weighted by molar-refractivity contribution is 5.94. The summed E-state index contributed by atoms with van der Waals surface area (Å²) in [5, 5.41) is 0. The van der Waals surface area contributed by atoms with E-state index in [9.17, 15) is 4.79 Å². The summed E-state index contributed by atoms with van der Waals surface area (Å²) in [6.45, 7) is 3.54. The Balaban J connectivity index is 1.54. The van der Waals surface area contributed by atoms with Crippen LogP contribution in [0.4, 0.5) is 0 Å². The summed E-state index contributed by atoms with van der Waals surface area (Å²) in [4.78, 5) is 15.1. The monoisotopic (exact) mass is 344 g/mol. The van der Waals surface area contributed by atoms with Crippen LogP contribution in [0.2, 0.25) is 0 Å². The van der Waals surface area contributed by atoms with E-state index in [2.05, 4.69) is 47.2 Å². The van der Waals surface area contributed by atoms with Crippen molar-refractivity contribution in [2.24, 2.45) is 0 Å². The topological polar surface area (TPSA) is 25.2 Å². The molecule has 26 heavy (non-hydrogen) atoms. The molecule has 0 unspecified atom stereocenters. The molecule has 1 saturated carbocycles. The second kappa shape index (κ2) is 7.20. The number of aryl methyl sites for hydroxylation is 1. The molecule has 0 aliphatic heterocycles. The van der Waals surface area contributed by atoms with Crippen LogP contribution < -0.4 is 0 Å². The Labute approximate surface area is 154 Å².